The van der Waals surface area contributed by atoms with Gasteiger partial charge in [-0.1, -0.05) is 12.1 Å². The first-order chi connectivity index (χ1) is 11.7. The van der Waals surface area contributed by atoms with Crippen molar-refractivity contribution in [2.45, 2.75) is 44.7 Å². The van der Waals surface area contributed by atoms with Gasteiger partial charge in [-0.2, -0.15) is 0 Å². The second kappa shape index (κ2) is 7.55. The average Bonchev–Trinajstić information content (AvgIpc) is 2.63. The first-order valence-corrected chi connectivity index (χ1v) is 8.84. The Morgan fingerprint density at radius 3 is 2.42 bits per heavy atom. The van der Waals surface area contributed by atoms with Crippen LogP contribution < -0.4 is 15.5 Å². The van der Waals surface area contributed by atoms with Gasteiger partial charge in [-0.3, -0.25) is 0 Å². The number of amidine groups is 1. The van der Waals surface area contributed by atoms with E-state index in [4.69, 9.17) is 10.8 Å². The summed E-state index contributed by atoms with van der Waals surface area (Å²) < 4.78 is 0. The molecule has 2 aliphatic heterocycles. The van der Waals surface area contributed by atoms with Crippen LogP contribution in [0.4, 0.5) is 11.4 Å². The monoisotopic (exact) mass is 330 g/mol. The summed E-state index contributed by atoms with van der Waals surface area (Å²) in [5.74, 6) is -1.45. The van der Waals surface area contributed by atoms with Crippen LogP contribution in [0.3, 0.4) is 0 Å². The number of aliphatic carboxylic acids is 1. The van der Waals surface area contributed by atoms with Crippen molar-refractivity contribution in [3.63, 3.8) is 0 Å². The van der Waals surface area contributed by atoms with Crippen LogP contribution in [0.5, 0.6) is 0 Å². The molecule has 0 aliphatic carbocycles. The summed E-state index contributed by atoms with van der Waals surface area (Å²) in [4.78, 5) is 20.0. The van der Waals surface area contributed by atoms with Gasteiger partial charge in [0.25, 0.3) is 0 Å². The lowest BCUT2D eigenvalue weighted by Gasteiger charge is -2.39. The number of carboxylic acids is 1. The third-order valence-electron chi connectivity index (χ3n) is 4.87. The Balaban J connectivity index is 1.90. The number of nitrogens with two attached hydrogens (primary N) is 1. The molecule has 3 rings (SSSR count). The molecule has 1 aromatic carbocycles. The summed E-state index contributed by atoms with van der Waals surface area (Å²) in [5.41, 5.74) is 7.96. The molecule has 2 fully saturated rings. The van der Waals surface area contributed by atoms with Crippen molar-refractivity contribution >= 4 is 23.2 Å². The summed E-state index contributed by atoms with van der Waals surface area (Å²) in [6.07, 6.45) is 6.52. The highest BCUT2D eigenvalue weighted by Crippen LogP contribution is 2.35. The van der Waals surface area contributed by atoms with E-state index in [1.54, 1.807) is 0 Å². The van der Waals surface area contributed by atoms with Gasteiger partial charge in [0.1, 0.15) is 6.17 Å². The zero-order valence-electron chi connectivity index (χ0n) is 14.0. The van der Waals surface area contributed by atoms with Gasteiger partial charge in [0, 0.05) is 19.6 Å². The summed E-state index contributed by atoms with van der Waals surface area (Å²) in [6, 6.07) is 8.39. The number of hydrogen-bond acceptors (Lipinski definition) is 4. The van der Waals surface area contributed by atoms with Crippen LogP contribution in [0.15, 0.2) is 29.3 Å². The molecule has 3 N–H and O–H groups in total. The molecular weight excluding hydrogens is 304 g/mol. The summed E-state index contributed by atoms with van der Waals surface area (Å²) in [5, 5.41) is 9.05. The maximum absolute atomic E-state index is 11.0. The van der Waals surface area contributed by atoms with E-state index >= 15 is 0 Å². The molecule has 1 atom stereocenters. The van der Waals surface area contributed by atoms with Gasteiger partial charge in [0.05, 0.1) is 11.4 Å². The molecule has 1 aromatic rings. The van der Waals surface area contributed by atoms with Gasteiger partial charge in [-0.25, -0.2) is 9.79 Å². The molecule has 0 amide bonds. The zero-order chi connectivity index (χ0) is 16.9. The normalized spacial score (nSPS) is 22.5. The molecule has 1 unspecified atom stereocenters. The molecule has 130 valence electrons. The van der Waals surface area contributed by atoms with E-state index in [-0.39, 0.29) is 12.0 Å². The minimum Gasteiger partial charge on any atom is -0.475 e. The highest BCUT2D eigenvalue weighted by molar-refractivity contribution is 6.33. The smallest absolute Gasteiger partial charge is 0.371 e. The summed E-state index contributed by atoms with van der Waals surface area (Å²) in [7, 11) is 0. The van der Waals surface area contributed by atoms with Crippen LogP contribution in [0.2, 0.25) is 0 Å². The number of nitrogens with zero attached hydrogens (tertiary/aromatic N) is 3. The number of aliphatic imine (C=N–C) groups is 1. The number of carboxylic acid groups (broad SMARTS) is 1. The van der Waals surface area contributed by atoms with Crippen molar-refractivity contribution in [1.82, 2.24) is 0 Å². The fraction of sp³-hybridized carbons (Fsp3) is 0.556. The first kappa shape index (κ1) is 16.6. The predicted octanol–water partition coefficient (Wildman–Crippen LogP) is 2.44. The quantitative estimate of drug-likeness (QED) is 0.657. The van der Waals surface area contributed by atoms with Gasteiger partial charge >= 0.3 is 5.97 Å². The third-order valence-corrected chi connectivity index (χ3v) is 4.87. The Labute approximate surface area is 143 Å². The molecule has 0 spiro atoms. The van der Waals surface area contributed by atoms with E-state index in [9.17, 15) is 4.79 Å². The summed E-state index contributed by atoms with van der Waals surface area (Å²) >= 11 is 0. The number of para-hydroxylation sites is 2. The largest absolute Gasteiger partial charge is 0.475 e. The van der Waals surface area contributed by atoms with Crippen molar-refractivity contribution in [1.29, 1.82) is 0 Å². The first-order valence-electron chi connectivity index (χ1n) is 8.84. The van der Waals surface area contributed by atoms with Crippen molar-refractivity contribution in [2.24, 2.45) is 10.7 Å². The third kappa shape index (κ3) is 3.63. The second-order valence-electron chi connectivity index (χ2n) is 6.53. The van der Waals surface area contributed by atoms with E-state index in [0.29, 0.717) is 0 Å². The Bertz CT molecular complexity index is 611. The molecule has 6 nitrogen and oxygen atoms in total. The van der Waals surface area contributed by atoms with Crippen LogP contribution in [0, 0.1) is 0 Å². The van der Waals surface area contributed by atoms with Crippen molar-refractivity contribution in [3.8, 4) is 0 Å². The molecule has 0 radical (unpaired) electrons. The fourth-order valence-electron chi connectivity index (χ4n) is 3.65. The molecule has 0 aromatic heterocycles. The fourth-order valence-corrected chi connectivity index (χ4v) is 3.65. The lowest BCUT2D eigenvalue weighted by molar-refractivity contribution is -0.129. The number of rotatable bonds is 3. The maximum atomic E-state index is 11.0. The van der Waals surface area contributed by atoms with E-state index in [1.165, 1.54) is 24.9 Å². The number of anilines is 2. The Kier molecular flexibility index (Phi) is 5.23. The highest BCUT2D eigenvalue weighted by Gasteiger charge is 2.26. The van der Waals surface area contributed by atoms with Gasteiger partial charge in [-0.15, -0.1) is 0 Å². The number of carbonyl (C=O) groups is 1. The lowest BCUT2D eigenvalue weighted by Crippen LogP contribution is -2.42. The number of hydrogen-bond donors (Lipinski definition) is 2. The predicted molar refractivity (Wildman–Crippen MR) is 96.7 cm³/mol. The molecule has 0 bridgehead atoms. The molecular formula is C18H26N4O2. The van der Waals surface area contributed by atoms with Gasteiger partial charge in [0.15, 0.2) is 0 Å². The van der Waals surface area contributed by atoms with Crippen LogP contribution >= 0.6 is 0 Å². The Hall–Kier alpha value is -2.24. The number of piperidine rings is 2. The highest BCUT2D eigenvalue weighted by atomic mass is 16.4. The van der Waals surface area contributed by atoms with Gasteiger partial charge in [-0.05, 0) is 50.7 Å². The molecule has 2 aliphatic rings. The van der Waals surface area contributed by atoms with E-state index < -0.39 is 5.97 Å². The molecule has 0 saturated carbocycles. The molecule has 6 heteroatoms. The molecule has 24 heavy (non-hydrogen) atoms. The lowest BCUT2D eigenvalue weighted by atomic mass is 10.0. The van der Waals surface area contributed by atoms with E-state index in [1.807, 2.05) is 6.07 Å². The van der Waals surface area contributed by atoms with Crippen molar-refractivity contribution in [2.75, 3.05) is 29.4 Å². The van der Waals surface area contributed by atoms with Crippen LogP contribution in [0.25, 0.3) is 0 Å². The van der Waals surface area contributed by atoms with Gasteiger partial charge < -0.3 is 20.6 Å². The SMILES string of the molecule is N/C(=N\C1CCCCN1c1ccccc1N1CCCCC1)C(=O)O. The molecule has 2 heterocycles. The van der Waals surface area contributed by atoms with E-state index in [2.05, 4.69) is 33.0 Å². The minimum absolute atomic E-state index is 0.194. The standard InChI is InChI=1S/C18H26N4O2/c19-17(18(23)24)20-16-10-4-7-13-22(16)15-9-3-2-8-14(15)21-11-5-1-6-12-21/h2-3,8-9,16H,1,4-7,10-13H2,(H2,19,20)(H,23,24). The maximum Gasteiger partial charge on any atom is 0.371 e. The van der Waals surface area contributed by atoms with Crippen molar-refractivity contribution in [3.05, 3.63) is 24.3 Å². The average molecular weight is 330 g/mol. The topological polar surface area (TPSA) is 82.2 Å². The second-order valence-corrected chi connectivity index (χ2v) is 6.53. The van der Waals surface area contributed by atoms with Gasteiger partial charge in [0.2, 0.25) is 5.84 Å². The number of benzene rings is 1. The Morgan fingerprint density at radius 1 is 1.04 bits per heavy atom. The molecule has 2 saturated heterocycles. The van der Waals surface area contributed by atoms with E-state index in [0.717, 1.165) is 44.6 Å². The van der Waals surface area contributed by atoms with Crippen LogP contribution in [-0.2, 0) is 4.79 Å². The van der Waals surface area contributed by atoms with Crippen molar-refractivity contribution < 1.29 is 9.90 Å². The Morgan fingerprint density at radius 2 is 1.71 bits per heavy atom. The van der Waals surface area contributed by atoms with Crippen LogP contribution in [0.1, 0.15) is 38.5 Å². The minimum atomic E-state index is -1.15. The van der Waals surface area contributed by atoms with Crippen LogP contribution in [-0.4, -0.2) is 42.7 Å². The zero-order valence-corrected chi connectivity index (χ0v) is 14.0. The summed E-state index contributed by atoms with van der Waals surface area (Å²) in [6.45, 7) is 3.04.